The normalized spacial score (nSPS) is 11.5. The molecule has 9 heteroatoms. The average molecular weight is 676 g/mol. The number of ether oxygens (including phenoxy) is 3. The highest BCUT2D eigenvalue weighted by atomic mass is 16.6. The molecule has 0 aliphatic heterocycles. The summed E-state index contributed by atoms with van der Waals surface area (Å²) in [5, 5.41) is 0. The first-order valence-corrected chi connectivity index (χ1v) is 19.0. The predicted molar refractivity (Wildman–Crippen MR) is 195 cm³/mol. The van der Waals surface area contributed by atoms with Crippen LogP contribution in [0.15, 0.2) is 30.3 Å². The van der Waals surface area contributed by atoms with Gasteiger partial charge in [0.2, 0.25) is 17.7 Å². The fourth-order valence-electron chi connectivity index (χ4n) is 5.37. The van der Waals surface area contributed by atoms with Gasteiger partial charge in [0.1, 0.15) is 25.4 Å². The largest absolute Gasteiger partial charge is 0.368 e. The maximum absolute atomic E-state index is 13.6. The second-order valence-electron chi connectivity index (χ2n) is 12.9. The van der Waals surface area contributed by atoms with E-state index < -0.39 is 5.60 Å². The van der Waals surface area contributed by atoms with Gasteiger partial charge in [-0.25, -0.2) is 0 Å². The first kappa shape index (κ1) is 43.5. The fourth-order valence-corrected chi connectivity index (χ4v) is 5.37. The smallest absolute Gasteiger partial charge is 0.248 e. The summed E-state index contributed by atoms with van der Waals surface area (Å²) in [7, 11) is 0. The third-order valence-electron chi connectivity index (χ3n) is 8.64. The molecule has 1 rings (SSSR count). The third kappa shape index (κ3) is 17.3. The Bertz CT molecular complexity index is 914. The van der Waals surface area contributed by atoms with Crippen LogP contribution < -0.4 is 0 Å². The molecule has 0 saturated carbocycles. The van der Waals surface area contributed by atoms with E-state index in [-0.39, 0.29) is 50.8 Å². The van der Waals surface area contributed by atoms with Crippen molar-refractivity contribution in [2.45, 2.75) is 124 Å². The number of nitrogens with zero attached hydrogens (tertiary/aromatic N) is 3. The van der Waals surface area contributed by atoms with Crippen LogP contribution in [0.4, 0.5) is 0 Å². The van der Waals surface area contributed by atoms with Crippen LogP contribution >= 0.6 is 0 Å². The Kier molecular flexibility index (Phi) is 24.8. The number of hydrogen-bond acceptors (Lipinski definition) is 6. The minimum atomic E-state index is -1.20. The van der Waals surface area contributed by atoms with E-state index in [9.17, 15) is 14.4 Å². The number of unbranched alkanes of at least 4 members (excludes halogenated alkanes) is 6. The molecule has 0 spiro atoms. The predicted octanol–water partition coefficient (Wildman–Crippen LogP) is 7.22. The molecule has 0 aliphatic rings. The zero-order valence-corrected chi connectivity index (χ0v) is 31.4. The van der Waals surface area contributed by atoms with Gasteiger partial charge in [-0.2, -0.15) is 0 Å². The van der Waals surface area contributed by atoms with Crippen molar-refractivity contribution in [2.24, 2.45) is 0 Å². The van der Waals surface area contributed by atoms with Crippen molar-refractivity contribution in [3.05, 3.63) is 35.9 Å². The first-order chi connectivity index (χ1) is 23.3. The zero-order chi connectivity index (χ0) is 35.5. The minimum absolute atomic E-state index is 0.00107. The van der Waals surface area contributed by atoms with Crippen molar-refractivity contribution in [3.8, 4) is 0 Å². The van der Waals surface area contributed by atoms with Gasteiger partial charge in [-0.15, -0.1) is 0 Å². The van der Waals surface area contributed by atoms with Crippen LogP contribution in [0, 0.1) is 0 Å². The lowest BCUT2D eigenvalue weighted by Gasteiger charge is -2.35. The summed E-state index contributed by atoms with van der Waals surface area (Å²) in [4.78, 5) is 45.8. The van der Waals surface area contributed by atoms with E-state index >= 15 is 0 Å². The van der Waals surface area contributed by atoms with Crippen LogP contribution in [0.2, 0.25) is 0 Å². The Labute approximate surface area is 293 Å². The van der Waals surface area contributed by atoms with Gasteiger partial charge in [0.15, 0.2) is 0 Å². The molecule has 9 nitrogen and oxygen atoms in total. The second kappa shape index (κ2) is 27.3. The highest BCUT2D eigenvalue weighted by molar-refractivity contribution is 5.78. The van der Waals surface area contributed by atoms with Crippen LogP contribution in [0.3, 0.4) is 0 Å². The molecule has 0 radical (unpaired) electrons. The van der Waals surface area contributed by atoms with Crippen LogP contribution in [0.25, 0.3) is 0 Å². The van der Waals surface area contributed by atoms with Crippen LogP contribution in [0.5, 0.6) is 0 Å². The van der Waals surface area contributed by atoms with E-state index in [1.807, 2.05) is 45.0 Å². The number of rotatable bonds is 30. The lowest BCUT2D eigenvalue weighted by atomic mass is 9.95. The summed E-state index contributed by atoms with van der Waals surface area (Å²) in [5.41, 5.74) is -0.428. The molecule has 0 fully saturated rings. The molecule has 276 valence electrons. The van der Waals surface area contributed by atoms with Crippen molar-refractivity contribution in [1.82, 2.24) is 14.7 Å². The van der Waals surface area contributed by atoms with Gasteiger partial charge >= 0.3 is 0 Å². The maximum atomic E-state index is 13.6. The van der Waals surface area contributed by atoms with Gasteiger partial charge in [-0.3, -0.25) is 14.4 Å². The van der Waals surface area contributed by atoms with Crippen molar-refractivity contribution in [1.29, 1.82) is 0 Å². The van der Waals surface area contributed by atoms with E-state index in [0.29, 0.717) is 39.3 Å². The number of carbonyl (C=O) groups is 3. The molecule has 0 bridgehead atoms. The molecule has 0 aliphatic carbocycles. The van der Waals surface area contributed by atoms with Crippen molar-refractivity contribution in [2.75, 3.05) is 72.3 Å². The van der Waals surface area contributed by atoms with Gasteiger partial charge in [0.25, 0.3) is 0 Å². The summed E-state index contributed by atoms with van der Waals surface area (Å²) in [6.07, 6.45) is 11.6. The molecule has 0 unspecified atom stereocenters. The van der Waals surface area contributed by atoms with E-state index in [0.717, 1.165) is 82.6 Å². The molecule has 0 saturated heterocycles. The van der Waals surface area contributed by atoms with Gasteiger partial charge in [0, 0.05) is 39.3 Å². The van der Waals surface area contributed by atoms with Crippen LogP contribution in [-0.4, -0.2) is 105 Å². The summed E-state index contributed by atoms with van der Waals surface area (Å²) in [6.45, 7) is 16.6. The number of carbonyl (C=O) groups excluding carboxylic acids is 3. The lowest BCUT2D eigenvalue weighted by molar-refractivity contribution is -0.169. The van der Waals surface area contributed by atoms with Gasteiger partial charge in [-0.05, 0) is 44.1 Å². The van der Waals surface area contributed by atoms with Crippen molar-refractivity contribution >= 4 is 17.7 Å². The molecule has 48 heavy (non-hydrogen) atoms. The molecular weight excluding hydrogens is 606 g/mol. The molecule has 1 aromatic carbocycles. The van der Waals surface area contributed by atoms with Gasteiger partial charge in [0.05, 0.1) is 13.2 Å². The van der Waals surface area contributed by atoms with Crippen molar-refractivity contribution < 1.29 is 28.6 Å². The number of hydrogen-bond donors (Lipinski definition) is 0. The third-order valence-corrected chi connectivity index (χ3v) is 8.64. The quantitative estimate of drug-likeness (QED) is 0.0856. The van der Waals surface area contributed by atoms with Crippen molar-refractivity contribution in [3.63, 3.8) is 0 Å². The Morgan fingerprint density at radius 3 is 1.12 bits per heavy atom. The van der Waals surface area contributed by atoms with E-state index in [1.165, 1.54) is 0 Å². The van der Waals surface area contributed by atoms with Gasteiger partial charge < -0.3 is 28.9 Å². The SMILES string of the molecule is CCCCN(CCCC)C(=O)COCC(COCC(=O)N(CCCC)CCCC)(OCC(=O)N(CCCC)CCCC)c1ccccc1. The lowest BCUT2D eigenvalue weighted by Crippen LogP contribution is -2.46. The molecule has 0 atom stereocenters. The standard InChI is InChI=1S/C39H69N3O6/c1-7-13-24-40(25-14-8-2)36(43)30-46-33-39(35-22-20-19-21-23-35,48-32-38(45)42(28-17-11-5)29-18-12-6)34-47-31-37(44)41(26-15-9-3)27-16-10-4/h19-23H,7-18,24-34H2,1-6H3. The molecular formula is C39H69N3O6. The second-order valence-corrected chi connectivity index (χ2v) is 12.9. The fraction of sp³-hybridized carbons (Fsp3) is 0.769. The Morgan fingerprint density at radius 2 is 0.812 bits per heavy atom. The average Bonchev–Trinajstić information content (AvgIpc) is 3.10. The monoisotopic (exact) mass is 676 g/mol. The Morgan fingerprint density at radius 1 is 0.500 bits per heavy atom. The van der Waals surface area contributed by atoms with E-state index in [1.54, 1.807) is 0 Å². The summed E-state index contributed by atoms with van der Waals surface area (Å²) < 4.78 is 18.9. The van der Waals surface area contributed by atoms with E-state index in [4.69, 9.17) is 14.2 Å². The van der Waals surface area contributed by atoms with E-state index in [2.05, 4.69) is 41.5 Å². The number of benzene rings is 1. The van der Waals surface area contributed by atoms with Crippen LogP contribution in [0.1, 0.15) is 124 Å². The number of amides is 3. The van der Waals surface area contributed by atoms with Gasteiger partial charge in [-0.1, -0.05) is 110 Å². The highest BCUT2D eigenvalue weighted by Gasteiger charge is 2.37. The molecule has 0 N–H and O–H groups in total. The maximum Gasteiger partial charge on any atom is 0.248 e. The Balaban J connectivity index is 3.29. The summed E-state index contributed by atoms with van der Waals surface area (Å²) in [5.74, 6) is -0.197. The molecule has 0 heterocycles. The topological polar surface area (TPSA) is 88.6 Å². The Hall–Kier alpha value is -2.49. The summed E-state index contributed by atoms with van der Waals surface area (Å²) in [6, 6.07) is 9.60. The first-order valence-electron chi connectivity index (χ1n) is 19.0. The summed E-state index contributed by atoms with van der Waals surface area (Å²) >= 11 is 0. The molecule has 1 aromatic rings. The minimum Gasteiger partial charge on any atom is -0.368 e. The molecule has 0 aromatic heterocycles. The highest BCUT2D eigenvalue weighted by Crippen LogP contribution is 2.28. The van der Waals surface area contributed by atoms with Crippen LogP contribution in [-0.2, 0) is 34.2 Å². The molecule has 3 amide bonds. The zero-order valence-electron chi connectivity index (χ0n) is 31.4.